The number of hydrogen-bond donors (Lipinski definition) is 2. The van der Waals surface area contributed by atoms with Gasteiger partial charge >= 0.3 is 0 Å². The smallest absolute Gasteiger partial charge is 0.191 e. The zero-order valence-electron chi connectivity index (χ0n) is 17.6. The highest BCUT2D eigenvalue weighted by Crippen LogP contribution is 2.51. The topological polar surface area (TPSA) is 48.9 Å². The average Bonchev–Trinajstić information content (AvgIpc) is 3.48. The Balaban J connectivity index is 1.45. The van der Waals surface area contributed by atoms with Crippen molar-refractivity contribution < 1.29 is 4.74 Å². The summed E-state index contributed by atoms with van der Waals surface area (Å²) in [5, 5.41) is 6.92. The maximum atomic E-state index is 5.83. The van der Waals surface area contributed by atoms with Crippen LogP contribution in [0.4, 0.5) is 0 Å². The molecular formula is C23H32N4OS. The van der Waals surface area contributed by atoms with E-state index in [1.165, 1.54) is 23.3 Å². The lowest BCUT2D eigenvalue weighted by atomic mass is 10.2. The molecule has 2 aromatic carbocycles. The molecule has 2 aromatic rings. The van der Waals surface area contributed by atoms with Crippen molar-refractivity contribution in [2.75, 3.05) is 40.8 Å². The van der Waals surface area contributed by atoms with Crippen LogP contribution in [0.25, 0.3) is 0 Å². The van der Waals surface area contributed by atoms with Gasteiger partial charge in [0.2, 0.25) is 0 Å². The molecule has 6 heteroatoms. The van der Waals surface area contributed by atoms with Gasteiger partial charge in [-0.05, 0) is 56.8 Å². The van der Waals surface area contributed by atoms with E-state index < -0.39 is 0 Å². The van der Waals surface area contributed by atoms with Gasteiger partial charge in [-0.25, -0.2) is 0 Å². The van der Waals surface area contributed by atoms with E-state index in [9.17, 15) is 0 Å². The Morgan fingerprint density at radius 1 is 1.10 bits per heavy atom. The molecule has 0 bridgehead atoms. The molecule has 1 aliphatic rings. The number of aliphatic imine (C=N–C) groups is 1. The van der Waals surface area contributed by atoms with Crippen LogP contribution in [0.3, 0.4) is 0 Å². The van der Waals surface area contributed by atoms with Crippen molar-refractivity contribution in [1.29, 1.82) is 0 Å². The number of benzene rings is 2. The van der Waals surface area contributed by atoms with Crippen LogP contribution in [0.1, 0.15) is 18.4 Å². The Hall–Kier alpha value is -2.18. The van der Waals surface area contributed by atoms with Crippen LogP contribution < -0.4 is 15.4 Å². The molecule has 0 unspecified atom stereocenters. The van der Waals surface area contributed by atoms with Crippen molar-refractivity contribution in [2.24, 2.45) is 4.99 Å². The van der Waals surface area contributed by atoms with E-state index >= 15 is 0 Å². The molecule has 1 fully saturated rings. The highest BCUT2D eigenvalue weighted by atomic mass is 32.2. The standard InChI is InChI=1S/C23H32N4OS/c1-24-22(26-18-23(12-13-23)29-21-10-5-4-6-11-21)25-17-19-8-7-9-20(16-19)28-15-14-27(2)3/h4-11,16H,12-15,17-18H2,1-3H3,(H2,24,25,26). The zero-order valence-corrected chi connectivity index (χ0v) is 18.5. The van der Waals surface area contributed by atoms with Crippen LogP contribution in [0, 0.1) is 0 Å². The fraction of sp³-hybridized carbons (Fsp3) is 0.435. The second kappa shape index (κ2) is 10.6. The second-order valence-corrected chi connectivity index (χ2v) is 9.22. The average molecular weight is 413 g/mol. The first kappa shape index (κ1) is 21.5. The number of thioether (sulfide) groups is 1. The Labute approximate surface area is 178 Å². The van der Waals surface area contributed by atoms with Crippen molar-refractivity contribution in [3.8, 4) is 5.75 Å². The third-order valence-electron chi connectivity index (χ3n) is 4.85. The Morgan fingerprint density at radius 2 is 1.90 bits per heavy atom. The molecule has 0 aliphatic heterocycles. The lowest BCUT2D eigenvalue weighted by Crippen LogP contribution is -2.40. The molecule has 156 valence electrons. The van der Waals surface area contributed by atoms with Gasteiger partial charge in [0.1, 0.15) is 12.4 Å². The number of ether oxygens (including phenoxy) is 1. The number of likely N-dealkylation sites (N-methyl/N-ethyl adjacent to an activating group) is 1. The summed E-state index contributed by atoms with van der Waals surface area (Å²) in [5.41, 5.74) is 1.18. The summed E-state index contributed by atoms with van der Waals surface area (Å²) in [6.07, 6.45) is 2.48. The van der Waals surface area contributed by atoms with Crippen LogP contribution in [0.15, 0.2) is 64.5 Å². The van der Waals surface area contributed by atoms with E-state index in [0.717, 1.165) is 24.8 Å². The highest BCUT2D eigenvalue weighted by molar-refractivity contribution is 8.01. The molecule has 1 aliphatic carbocycles. The largest absolute Gasteiger partial charge is 0.492 e. The second-order valence-electron chi connectivity index (χ2n) is 7.68. The number of hydrogen-bond acceptors (Lipinski definition) is 4. The van der Waals surface area contributed by atoms with E-state index in [1.54, 1.807) is 0 Å². The van der Waals surface area contributed by atoms with Crippen molar-refractivity contribution in [2.45, 2.75) is 29.0 Å². The van der Waals surface area contributed by atoms with Gasteiger partial charge in [-0.2, -0.15) is 0 Å². The minimum Gasteiger partial charge on any atom is -0.492 e. The predicted molar refractivity (Wildman–Crippen MR) is 123 cm³/mol. The minimum atomic E-state index is 0.291. The van der Waals surface area contributed by atoms with Crippen molar-refractivity contribution in [3.05, 3.63) is 60.2 Å². The van der Waals surface area contributed by atoms with E-state index in [0.29, 0.717) is 17.9 Å². The van der Waals surface area contributed by atoms with Gasteiger partial charge in [-0.15, -0.1) is 11.8 Å². The molecule has 2 N–H and O–H groups in total. The van der Waals surface area contributed by atoms with Crippen molar-refractivity contribution in [1.82, 2.24) is 15.5 Å². The molecular weight excluding hydrogens is 380 g/mol. The normalized spacial score (nSPS) is 15.2. The first-order valence-corrected chi connectivity index (χ1v) is 11.0. The van der Waals surface area contributed by atoms with E-state index in [-0.39, 0.29) is 0 Å². The highest BCUT2D eigenvalue weighted by Gasteiger charge is 2.43. The molecule has 0 atom stereocenters. The van der Waals surface area contributed by atoms with Gasteiger partial charge in [0.25, 0.3) is 0 Å². The molecule has 3 rings (SSSR count). The lowest BCUT2D eigenvalue weighted by Gasteiger charge is -2.18. The fourth-order valence-corrected chi connectivity index (χ4v) is 4.18. The summed E-state index contributed by atoms with van der Waals surface area (Å²) in [6.45, 7) is 3.22. The quantitative estimate of drug-likeness (QED) is 0.461. The number of nitrogens with one attached hydrogen (secondary N) is 2. The summed E-state index contributed by atoms with van der Waals surface area (Å²) in [7, 11) is 5.92. The van der Waals surface area contributed by atoms with E-state index in [2.05, 4.69) is 63.0 Å². The van der Waals surface area contributed by atoms with Gasteiger partial charge in [-0.1, -0.05) is 30.3 Å². The molecule has 0 radical (unpaired) electrons. The Morgan fingerprint density at radius 3 is 2.59 bits per heavy atom. The summed E-state index contributed by atoms with van der Waals surface area (Å²) < 4.78 is 6.12. The first-order chi connectivity index (χ1) is 14.1. The van der Waals surface area contributed by atoms with Gasteiger partial charge in [-0.3, -0.25) is 4.99 Å². The summed E-state index contributed by atoms with van der Waals surface area (Å²) in [5.74, 6) is 1.74. The minimum absolute atomic E-state index is 0.291. The van der Waals surface area contributed by atoms with Crippen LogP contribution in [0.2, 0.25) is 0 Å². The third-order valence-corrected chi connectivity index (χ3v) is 6.35. The SMILES string of the molecule is CN=C(NCc1cccc(OCCN(C)C)c1)NCC1(Sc2ccccc2)CC1. The molecule has 0 amide bonds. The van der Waals surface area contributed by atoms with Gasteiger partial charge in [0.15, 0.2) is 5.96 Å². The van der Waals surface area contributed by atoms with Crippen LogP contribution in [0.5, 0.6) is 5.75 Å². The van der Waals surface area contributed by atoms with Crippen molar-refractivity contribution >= 4 is 17.7 Å². The van der Waals surface area contributed by atoms with Crippen molar-refractivity contribution in [3.63, 3.8) is 0 Å². The van der Waals surface area contributed by atoms with Crippen LogP contribution in [-0.4, -0.2) is 56.4 Å². The lowest BCUT2D eigenvalue weighted by molar-refractivity contribution is 0.261. The maximum absolute atomic E-state index is 5.83. The summed E-state index contributed by atoms with van der Waals surface area (Å²) >= 11 is 1.97. The molecule has 0 heterocycles. The van der Waals surface area contributed by atoms with Crippen LogP contribution in [-0.2, 0) is 6.54 Å². The fourth-order valence-electron chi connectivity index (χ4n) is 2.94. The number of nitrogens with zero attached hydrogens (tertiary/aromatic N) is 2. The maximum Gasteiger partial charge on any atom is 0.191 e. The van der Waals surface area contributed by atoms with Gasteiger partial charge in [0.05, 0.1) is 0 Å². The number of guanidine groups is 1. The zero-order chi connectivity index (χ0) is 20.5. The molecule has 0 saturated heterocycles. The first-order valence-electron chi connectivity index (χ1n) is 10.1. The molecule has 1 saturated carbocycles. The van der Waals surface area contributed by atoms with Crippen LogP contribution >= 0.6 is 11.8 Å². The molecule has 5 nitrogen and oxygen atoms in total. The van der Waals surface area contributed by atoms with Gasteiger partial charge < -0.3 is 20.3 Å². The predicted octanol–water partition coefficient (Wildman–Crippen LogP) is 3.62. The van der Waals surface area contributed by atoms with E-state index in [1.807, 2.05) is 45.0 Å². The summed E-state index contributed by atoms with van der Waals surface area (Å²) in [6, 6.07) is 18.9. The van der Waals surface area contributed by atoms with E-state index in [4.69, 9.17) is 4.74 Å². The summed E-state index contributed by atoms with van der Waals surface area (Å²) in [4.78, 5) is 7.83. The molecule has 0 aromatic heterocycles. The third kappa shape index (κ3) is 7.29. The van der Waals surface area contributed by atoms with Gasteiger partial charge in [0, 0.05) is 36.3 Å². The molecule has 0 spiro atoms. The Bertz CT molecular complexity index is 790. The molecule has 29 heavy (non-hydrogen) atoms. The Kier molecular flexibility index (Phi) is 7.83. The monoisotopic (exact) mass is 412 g/mol. The number of rotatable bonds is 10.